The van der Waals surface area contributed by atoms with Crippen LogP contribution in [-0.2, 0) is 56.8 Å². The van der Waals surface area contributed by atoms with Gasteiger partial charge in [-0.15, -0.1) is 0 Å². The van der Waals surface area contributed by atoms with E-state index in [1.165, 1.54) is 89.0 Å². The Labute approximate surface area is 434 Å². The van der Waals surface area contributed by atoms with Crippen LogP contribution in [0.2, 0.25) is 0 Å². The zero-order valence-corrected chi connectivity index (χ0v) is 46.6. The van der Waals surface area contributed by atoms with Crippen LogP contribution in [0.4, 0.5) is 0 Å². The SMILES string of the molecule is CCc1ccc(C)cc1.CCc1ccc(CC)cc1.CCc1cccc(CC)c1.CCc1ccccc1CC.Cc1ccc(C(C)(C)c2ccc(C)cc2)cc1.Cc1ccc(Cc2ccc(C)cc2)cc1. The van der Waals surface area contributed by atoms with Crippen LogP contribution in [0.3, 0.4) is 0 Å². The van der Waals surface area contributed by atoms with Gasteiger partial charge >= 0.3 is 0 Å². The van der Waals surface area contributed by atoms with Gasteiger partial charge in [0.25, 0.3) is 0 Å². The molecule has 374 valence electrons. The number of aryl methyl sites for hydroxylation is 12. The fraction of sp³-hybridized carbons (Fsp3) is 0.324. The van der Waals surface area contributed by atoms with Gasteiger partial charge in [0.05, 0.1) is 0 Å². The first-order chi connectivity index (χ1) is 34.2. The molecule has 0 amide bonds. The number of hydrogen-bond donors (Lipinski definition) is 0. The van der Waals surface area contributed by atoms with Gasteiger partial charge in [0, 0.05) is 5.41 Å². The molecule has 0 aliphatic carbocycles. The molecular formula is C71H90. The summed E-state index contributed by atoms with van der Waals surface area (Å²) in [6.07, 6.45) is 9.06. The standard InChI is InChI=1S/C17H20.C15H16.3C10H14.C9H12/c1-13-5-9-15(10-6-13)17(3,4)16-11-7-14(2)8-12-16;1-12-3-7-14(8-4-12)11-15-9-5-13(2)6-10-15;1-3-9-5-7-10(4-2)8-6-9;1-3-9-6-5-7-10(4-2)8-9;1-3-9-7-5-6-8-10(9)4-2;1-3-9-6-4-8(2)5-7-9/h5-12H,1-4H3;3-10H,11H2,1-2H3;3*5-8H,3-4H2,1-2H3;4-7H,3H2,1-2H3. The lowest BCUT2D eigenvalue weighted by Crippen LogP contribution is -2.18. The van der Waals surface area contributed by atoms with Crippen molar-refractivity contribution < 1.29 is 0 Å². The summed E-state index contributed by atoms with van der Waals surface area (Å²) < 4.78 is 0. The van der Waals surface area contributed by atoms with E-state index in [0.29, 0.717) is 0 Å². The van der Waals surface area contributed by atoms with Gasteiger partial charge in [0.2, 0.25) is 0 Å². The minimum Gasteiger partial charge on any atom is -0.0620 e. The first-order valence-corrected chi connectivity index (χ1v) is 26.7. The molecule has 0 aliphatic heterocycles. The predicted molar refractivity (Wildman–Crippen MR) is 316 cm³/mol. The van der Waals surface area contributed by atoms with E-state index in [-0.39, 0.29) is 5.41 Å². The van der Waals surface area contributed by atoms with Crippen LogP contribution in [0.1, 0.15) is 151 Å². The first-order valence-electron chi connectivity index (χ1n) is 26.7. The molecule has 0 radical (unpaired) electrons. The highest BCUT2D eigenvalue weighted by Gasteiger charge is 2.22. The molecule has 8 aromatic carbocycles. The molecule has 0 atom stereocenters. The molecule has 0 unspecified atom stereocenters. The summed E-state index contributed by atoms with van der Waals surface area (Å²) in [5.41, 5.74) is 22.3. The number of benzene rings is 8. The van der Waals surface area contributed by atoms with Gasteiger partial charge in [-0.05, 0) is 147 Å². The van der Waals surface area contributed by atoms with Gasteiger partial charge in [0.15, 0.2) is 0 Å². The quantitative estimate of drug-likeness (QED) is 0.121. The normalized spacial score (nSPS) is 10.3. The molecular weight excluding hydrogens is 853 g/mol. The highest BCUT2D eigenvalue weighted by Crippen LogP contribution is 2.31. The fourth-order valence-electron chi connectivity index (χ4n) is 7.91. The van der Waals surface area contributed by atoms with Gasteiger partial charge < -0.3 is 0 Å². The van der Waals surface area contributed by atoms with E-state index < -0.39 is 0 Å². The van der Waals surface area contributed by atoms with E-state index in [2.05, 4.69) is 291 Å². The predicted octanol–water partition coefficient (Wildman–Crippen LogP) is 19.5. The molecule has 0 heteroatoms. The van der Waals surface area contributed by atoms with E-state index >= 15 is 0 Å². The molecule has 0 bridgehead atoms. The topological polar surface area (TPSA) is 0 Å². The molecule has 0 N–H and O–H groups in total. The Morgan fingerprint density at radius 3 is 0.775 bits per heavy atom. The Bertz CT molecular complexity index is 2450. The lowest BCUT2D eigenvalue weighted by molar-refractivity contribution is 0.640. The molecule has 0 heterocycles. The summed E-state index contributed by atoms with van der Waals surface area (Å²) >= 11 is 0. The minimum absolute atomic E-state index is 0.0708. The molecule has 8 aromatic rings. The van der Waals surface area contributed by atoms with Crippen molar-refractivity contribution in [3.05, 3.63) is 283 Å². The maximum Gasteiger partial charge on any atom is 0.0146 e. The molecule has 71 heavy (non-hydrogen) atoms. The Balaban J connectivity index is 0.000000229. The van der Waals surface area contributed by atoms with E-state index in [1.807, 2.05) is 0 Å². The van der Waals surface area contributed by atoms with Gasteiger partial charge in [-0.3, -0.25) is 0 Å². The lowest BCUT2D eigenvalue weighted by Gasteiger charge is -2.26. The summed E-state index contributed by atoms with van der Waals surface area (Å²) in [4.78, 5) is 0. The van der Waals surface area contributed by atoms with E-state index in [0.717, 1.165) is 51.4 Å². The van der Waals surface area contributed by atoms with Gasteiger partial charge in [-0.1, -0.05) is 284 Å². The van der Waals surface area contributed by atoms with Crippen molar-refractivity contribution in [2.45, 2.75) is 154 Å². The fourth-order valence-corrected chi connectivity index (χ4v) is 7.91. The average Bonchev–Trinajstić information content (AvgIpc) is 3.41. The zero-order chi connectivity index (χ0) is 52.0. The molecule has 8 rings (SSSR count). The molecule has 0 aromatic heterocycles. The van der Waals surface area contributed by atoms with Crippen LogP contribution < -0.4 is 0 Å². The van der Waals surface area contributed by atoms with Crippen molar-refractivity contribution in [1.82, 2.24) is 0 Å². The third-order valence-electron chi connectivity index (χ3n) is 13.3. The van der Waals surface area contributed by atoms with Gasteiger partial charge in [0.1, 0.15) is 0 Å². The van der Waals surface area contributed by atoms with Crippen molar-refractivity contribution >= 4 is 0 Å². The summed E-state index contributed by atoms with van der Waals surface area (Å²) in [7, 11) is 0. The Morgan fingerprint density at radius 1 is 0.254 bits per heavy atom. The average molecular weight is 944 g/mol. The first kappa shape index (κ1) is 59.1. The highest BCUT2D eigenvalue weighted by atomic mass is 14.3. The van der Waals surface area contributed by atoms with Crippen molar-refractivity contribution in [3.8, 4) is 0 Å². The maximum atomic E-state index is 2.28. The molecule has 0 fully saturated rings. The van der Waals surface area contributed by atoms with Gasteiger partial charge in [-0.2, -0.15) is 0 Å². The third kappa shape index (κ3) is 22.2. The van der Waals surface area contributed by atoms with Crippen molar-refractivity contribution in [2.24, 2.45) is 0 Å². The van der Waals surface area contributed by atoms with Crippen molar-refractivity contribution in [2.75, 3.05) is 0 Å². The molecule has 0 nitrogen and oxygen atoms in total. The maximum absolute atomic E-state index is 2.28. The van der Waals surface area contributed by atoms with Crippen LogP contribution in [0, 0.1) is 34.6 Å². The van der Waals surface area contributed by atoms with E-state index in [1.54, 1.807) is 0 Å². The zero-order valence-electron chi connectivity index (χ0n) is 46.6. The second-order valence-electron chi connectivity index (χ2n) is 19.4. The Kier molecular flexibility index (Phi) is 27.1. The van der Waals surface area contributed by atoms with Crippen LogP contribution in [0.5, 0.6) is 0 Å². The van der Waals surface area contributed by atoms with Crippen molar-refractivity contribution in [3.63, 3.8) is 0 Å². The largest absolute Gasteiger partial charge is 0.0620 e. The van der Waals surface area contributed by atoms with Crippen LogP contribution in [-0.4, -0.2) is 0 Å². The lowest BCUT2D eigenvalue weighted by atomic mass is 9.78. The Hall–Kier alpha value is -6.24. The summed E-state index contributed by atoms with van der Waals surface area (Å²) in [6, 6.07) is 70.1. The second-order valence-corrected chi connectivity index (χ2v) is 19.4. The van der Waals surface area contributed by atoms with E-state index in [9.17, 15) is 0 Å². The van der Waals surface area contributed by atoms with Gasteiger partial charge in [-0.25, -0.2) is 0 Å². The van der Waals surface area contributed by atoms with Crippen LogP contribution in [0.15, 0.2) is 194 Å². The summed E-state index contributed by atoms with van der Waals surface area (Å²) in [5.74, 6) is 0. The molecule has 0 saturated heterocycles. The number of hydrogen-bond acceptors (Lipinski definition) is 0. The Morgan fingerprint density at radius 2 is 0.507 bits per heavy atom. The minimum atomic E-state index is 0.0708. The van der Waals surface area contributed by atoms with Crippen LogP contribution in [0.25, 0.3) is 0 Å². The highest BCUT2D eigenvalue weighted by molar-refractivity contribution is 5.39. The summed E-state index contributed by atoms with van der Waals surface area (Å²) in [5, 5.41) is 0. The molecule has 0 aliphatic rings. The van der Waals surface area contributed by atoms with Crippen molar-refractivity contribution in [1.29, 1.82) is 0 Å². The number of rotatable bonds is 11. The smallest absolute Gasteiger partial charge is 0.0146 e. The third-order valence-corrected chi connectivity index (χ3v) is 13.3. The monoisotopic (exact) mass is 943 g/mol. The molecule has 0 spiro atoms. The molecule has 0 saturated carbocycles. The summed E-state index contributed by atoms with van der Waals surface area (Å²) in [6.45, 7) is 30.5. The van der Waals surface area contributed by atoms with Crippen LogP contribution >= 0.6 is 0 Å². The second kappa shape index (κ2) is 32.6. The van der Waals surface area contributed by atoms with E-state index in [4.69, 9.17) is 0 Å².